The van der Waals surface area contributed by atoms with Gasteiger partial charge in [0.1, 0.15) is 41.1 Å². The van der Waals surface area contributed by atoms with Gasteiger partial charge in [0.05, 0.1) is 44.3 Å². The maximum Gasteiger partial charge on any atom is 0.408 e. The summed E-state index contributed by atoms with van der Waals surface area (Å²) in [6, 6.07) is -3.85. The lowest BCUT2D eigenvalue weighted by atomic mass is 10.1. The molecule has 1 aromatic rings. The number of nitrogens with two attached hydrogens (primary N) is 2. The Bertz CT molecular complexity index is 2090. The summed E-state index contributed by atoms with van der Waals surface area (Å²) in [7, 11) is -1.61. The molecular formula is C45H77N9O14S. The first-order chi connectivity index (χ1) is 31.7. The van der Waals surface area contributed by atoms with Crippen LogP contribution in [0.1, 0.15) is 118 Å². The fourth-order valence-corrected chi connectivity index (χ4v) is 7.97. The van der Waals surface area contributed by atoms with E-state index in [0.29, 0.717) is 36.3 Å². The lowest BCUT2D eigenvalue weighted by Crippen LogP contribution is -2.58. The molecule has 0 unspecified atom stereocenters. The summed E-state index contributed by atoms with van der Waals surface area (Å²) in [5.41, 5.74) is 10.4. The molecule has 0 saturated heterocycles. The Balaban J connectivity index is 3.32. The van der Waals surface area contributed by atoms with Gasteiger partial charge in [-0.3, -0.25) is 29.0 Å². The smallest absolute Gasteiger partial charge is 0.408 e. The van der Waals surface area contributed by atoms with Gasteiger partial charge in [-0.05, 0) is 133 Å². The largest absolute Gasteiger partial charge is 0.496 e. The number of sulfonamides is 1. The second kappa shape index (κ2) is 27.4. The number of nitrogens with zero attached hydrogens (tertiary/aromatic N) is 1. The lowest BCUT2D eigenvalue weighted by molar-refractivity contribution is -0.156. The van der Waals surface area contributed by atoms with Crippen molar-refractivity contribution in [3.05, 3.63) is 22.8 Å². The van der Waals surface area contributed by atoms with Crippen LogP contribution in [0.15, 0.2) is 16.0 Å². The number of hydrogen-bond donors (Lipinski definition) is 8. The Hall–Kier alpha value is -5.75. The van der Waals surface area contributed by atoms with Crippen molar-refractivity contribution >= 4 is 57.6 Å². The maximum absolute atomic E-state index is 13.9. The van der Waals surface area contributed by atoms with Gasteiger partial charge in [0.2, 0.25) is 29.6 Å². The summed E-state index contributed by atoms with van der Waals surface area (Å²) in [4.78, 5) is 97.0. The summed E-state index contributed by atoms with van der Waals surface area (Å²) in [6.45, 7) is 18.9. The summed E-state index contributed by atoms with van der Waals surface area (Å²) >= 11 is 0. The molecule has 0 aliphatic rings. The molecule has 1 aromatic carbocycles. The number of carbonyl (C=O) groups is 7. The molecule has 4 atom stereocenters. The van der Waals surface area contributed by atoms with E-state index in [1.165, 1.54) is 7.11 Å². The van der Waals surface area contributed by atoms with Crippen molar-refractivity contribution in [1.82, 2.24) is 31.3 Å². The van der Waals surface area contributed by atoms with Crippen molar-refractivity contribution < 1.29 is 65.7 Å². The Morgan fingerprint density at radius 3 is 1.84 bits per heavy atom. The predicted molar refractivity (Wildman–Crippen MR) is 256 cm³/mol. The molecule has 392 valence electrons. The first-order valence-corrected chi connectivity index (χ1v) is 24.0. The van der Waals surface area contributed by atoms with Crippen molar-refractivity contribution in [3.63, 3.8) is 0 Å². The average molecular weight is 1000 g/mol. The van der Waals surface area contributed by atoms with E-state index in [-0.39, 0.29) is 37.3 Å². The van der Waals surface area contributed by atoms with Crippen LogP contribution >= 0.6 is 0 Å². The van der Waals surface area contributed by atoms with Gasteiger partial charge in [-0.25, -0.2) is 22.7 Å². The topological polar surface area (TPSA) is 336 Å². The van der Waals surface area contributed by atoms with Gasteiger partial charge in [-0.2, -0.15) is 0 Å². The van der Waals surface area contributed by atoms with Gasteiger partial charge in [0, 0.05) is 12.1 Å². The van der Waals surface area contributed by atoms with Crippen molar-refractivity contribution in [2.45, 2.75) is 167 Å². The van der Waals surface area contributed by atoms with E-state index < -0.39 is 112 Å². The number of aliphatic imine (C=N–C) groups is 1. The highest BCUT2D eigenvalue weighted by Crippen LogP contribution is 2.31. The molecule has 10 N–H and O–H groups in total. The summed E-state index contributed by atoms with van der Waals surface area (Å²) in [5, 5.41) is 12.3. The molecule has 0 bridgehead atoms. The SMILES string of the molecule is COC(=O)[C@H](CCCCN)NC(=O)[C@H](COC(C)(C)C)NC(=O)[C@H](CC(=O)OC(C)(C)C)NC(=O)CNC(=O)[C@H](CCCN=C(N)NS(=O)(=O)c1c(C)cc(C)c(OC)c1C)NC(=O)OC(C)(C)C. The van der Waals surface area contributed by atoms with Crippen LogP contribution < -0.4 is 47.5 Å². The van der Waals surface area contributed by atoms with Crippen LogP contribution in [-0.2, 0) is 57.7 Å². The van der Waals surface area contributed by atoms with E-state index in [2.05, 4.69) is 36.3 Å². The molecule has 5 amide bonds. The number of nitrogens with one attached hydrogen (secondary N) is 6. The van der Waals surface area contributed by atoms with Crippen LogP contribution in [0.25, 0.3) is 0 Å². The third-order valence-electron chi connectivity index (χ3n) is 9.41. The number of aryl methyl sites for hydroxylation is 2. The normalized spacial score (nSPS) is 13.9. The standard InChI is InChI=1S/C45H77N9O14S/c1-26-22-27(2)36(28(3)35(26)64-13)69(62,63)54-41(47)48-21-17-19-29(53-42(61)68-45(10,11)12)37(57)49-24-33(55)50-31(23-34(56)67-44(7,8)9)38(58)52-32(25-66-43(4,5)6)39(59)51-30(40(60)65-14)18-15-16-20-46/h22,29-32H,15-21,23-25,46H2,1-14H3,(H,49,57)(H,50,55)(H,51,59)(H,52,58)(H,53,61)(H3,47,48,54)/t29-,30-,31-,32-/m0/s1. The zero-order valence-electron chi connectivity index (χ0n) is 42.7. The van der Waals surface area contributed by atoms with Crippen molar-refractivity contribution in [2.75, 3.05) is 40.5 Å². The molecule has 24 heteroatoms. The average Bonchev–Trinajstić information content (AvgIpc) is 3.19. The van der Waals surface area contributed by atoms with Gasteiger partial charge in [0.15, 0.2) is 0 Å². The number of alkyl carbamates (subject to hydrolysis) is 1. The highest BCUT2D eigenvalue weighted by molar-refractivity contribution is 7.90. The van der Waals surface area contributed by atoms with Gasteiger partial charge >= 0.3 is 18.0 Å². The number of hydrogen-bond acceptors (Lipinski definition) is 16. The summed E-state index contributed by atoms with van der Waals surface area (Å²) in [5.74, 6) is -5.30. The van der Waals surface area contributed by atoms with E-state index in [1.54, 1.807) is 89.2 Å². The lowest BCUT2D eigenvalue weighted by Gasteiger charge is -2.28. The number of esters is 2. The first kappa shape index (κ1) is 61.3. The van der Waals surface area contributed by atoms with Crippen LogP contribution in [0.3, 0.4) is 0 Å². The van der Waals surface area contributed by atoms with E-state index in [9.17, 15) is 42.0 Å². The van der Waals surface area contributed by atoms with Crippen molar-refractivity contribution in [1.29, 1.82) is 0 Å². The minimum absolute atomic E-state index is 0.0278. The monoisotopic (exact) mass is 1000 g/mol. The molecule has 0 aromatic heterocycles. The first-order valence-electron chi connectivity index (χ1n) is 22.5. The fraction of sp³-hybridized carbons (Fsp3) is 0.689. The minimum Gasteiger partial charge on any atom is -0.496 e. The third kappa shape index (κ3) is 23.4. The van der Waals surface area contributed by atoms with Crippen LogP contribution in [-0.4, -0.2) is 137 Å². The number of methoxy groups -OCH3 is 2. The predicted octanol–water partition coefficient (Wildman–Crippen LogP) is 1.31. The van der Waals surface area contributed by atoms with Crippen LogP contribution in [0.2, 0.25) is 0 Å². The molecule has 23 nitrogen and oxygen atoms in total. The molecule has 69 heavy (non-hydrogen) atoms. The Morgan fingerprint density at radius 2 is 1.29 bits per heavy atom. The van der Waals surface area contributed by atoms with E-state index in [4.69, 9.17) is 35.2 Å². The van der Waals surface area contributed by atoms with E-state index in [0.717, 1.165) is 12.7 Å². The number of benzene rings is 1. The Labute approximate surface area is 406 Å². The van der Waals surface area contributed by atoms with Crippen molar-refractivity contribution in [3.8, 4) is 5.75 Å². The van der Waals surface area contributed by atoms with Crippen LogP contribution in [0.5, 0.6) is 5.75 Å². The molecule has 0 aliphatic heterocycles. The number of carbonyl (C=O) groups excluding carboxylic acids is 7. The number of ether oxygens (including phenoxy) is 5. The molecular weight excluding hydrogens is 923 g/mol. The number of unbranched alkanes of at least 4 members (excludes halogenated alkanes) is 1. The Morgan fingerprint density at radius 1 is 0.710 bits per heavy atom. The van der Waals surface area contributed by atoms with Crippen molar-refractivity contribution in [2.24, 2.45) is 16.5 Å². The highest BCUT2D eigenvalue weighted by atomic mass is 32.2. The summed E-state index contributed by atoms with van der Waals surface area (Å²) < 4.78 is 55.7. The van der Waals surface area contributed by atoms with Crippen LogP contribution in [0, 0.1) is 20.8 Å². The Kier molecular flexibility index (Phi) is 24.4. The zero-order valence-corrected chi connectivity index (χ0v) is 43.5. The summed E-state index contributed by atoms with van der Waals surface area (Å²) in [6.07, 6.45) is -0.469. The van der Waals surface area contributed by atoms with Gasteiger partial charge in [-0.1, -0.05) is 6.07 Å². The molecule has 0 spiro atoms. The number of amides is 5. The van der Waals surface area contributed by atoms with Gasteiger partial charge < -0.3 is 61.7 Å². The minimum atomic E-state index is -4.20. The molecule has 0 saturated carbocycles. The molecule has 0 aliphatic carbocycles. The number of rotatable bonds is 25. The molecule has 0 radical (unpaired) electrons. The highest BCUT2D eigenvalue weighted by Gasteiger charge is 2.34. The molecule has 0 heterocycles. The maximum atomic E-state index is 13.9. The van der Waals surface area contributed by atoms with E-state index in [1.807, 2.05) is 0 Å². The second-order valence-electron chi connectivity index (χ2n) is 19.2. The van der Waals surface area contributed by atoms with Crippen LogP contribution in [0.4, 0.5) is 4.79 Å². The molecule has 1 rings (SSSR count). The van der Waals surface area contributed by atoms with E-state index >= 15 is 0 Å². The quantitative estimate of drug-likeness (QED) is 0.0225. The fourth-order valence-electron chi connectivity index (χ4n) is 6.55. The zero-order chi connectivity index (χ0) is 53.1. The second-order valence-corrected chi connectivity index (χ2v) is 20.8. The van der Waals surface area contributed by atoms with Gasteiger partial charge in [0.25, 0.3) is 10.0 Å². The van der Waals surface area contributed by atoms with Gasteiger partial charge in [-0.15, -0.1) is 0 Å². The third-order valence-corrected chi connectivity index (χ3v) is 11.1. The number of guanidine groups is 1. The molecule has 0 fully saturated rings.